The van der Waals surface area contributed by atoms with Crippen molar-refractivity contribution in [2.75, 3.05) is 45.9 Å². The molecule has 0 spiro atoms. The highest BCUT2D eigenvalue weighted by atomic mass is 16.5. The lowest BCUT2D eigenvalue weighted by molar-refractivity contribution is -0.147. The topological polar surface area (TPSA) is 59.1 Å². The second kappa shape index (κ2) is 8.34. The average molecular weight is 298 g/mol. The van der Waals surface area contributed by atoms with Crippen LogP contribution in [-0.2, 0) is 19.1 Å². The number of esters is 1. The molecule has 0 aromatic rings. The summed E-state index contributed by atoms with van der Waals surface area (Å²) in [6.07, 6.45) is 3.51. The Labute approximate surface area is 126 Å². The molecule has 6 heteroatoms. The van der Waals surface area contributed by atoms with Gasteiger partial charge < -0.3 is 14.4 Å². The third-order valence-corrected chi connectivity index (χ3v) is 4.00. The number of carbonyl (C=O) groups excluding carboxylic acids is 2. The SMILES string of the molecule is CCCCOC(=O)CN1CCN(C(=O)C2CCCO2)CC1. The highest BCUT2D eigenvalue weighted by molar-refractivity contribution is 5.81. The van der Waals surface area contributed by atoms with Gasteiger partial charge in [0.1, 0.15) is 6.10 Å². The number of carbonyl (C=O) groups is 2. The van der Waals surface area contributed by atoms with Gasteiger partial charge in [-0.15, -0.1) is 0 Å². The van der Waals surface area contributed by atoms with Gasteiger partial charge in [0.25, 0.3) is 5.91 Å². The van der Waals surface area contributed by atoms with Crippen molar-refractivity contribution in [1.82, 2.24) is 9.80 Å². The fourth-order valence-electron chi connectivity index (χ4n) is 2.66. The molecule has 2 heterocycles. The summed E-state index contributed by atoms with van der Waals surface area (Å²) in [5.74, 6) is -0.0555. The quantitative estimate of drug-likeness (QED) is 0.532. The van der Waals surface area contributed by atoms with Crippen LogP contribution in [0.25, 0.3) is 0 Å². The van der Waals surface area contributed by atoms with E-state index in [0.29, 0.717) is 32.8 Å². The minimum Gasteiger partial charge on any atom is -0.465 e. The minimum absolute atomic E-state index is 0.109. The van der Waals surface area contributed by atoms with Crippen molar-refractivity contribution < 1.29 is 19.1 Å². The Morgan fingerprint density at radius 3 is 2.62 bits per heavy atom. The minimum atomic E-state index is -0.240. The summed E-state index contributed by atoms with van der Waals surface area (Å²) < 4.78 is 10.6. The number of nitrogens with zero attached hydrogens (tertiary/aromatic N) is 2. The maximum absolute atomic E-state index is 12.2. The Kier molecular flexibility index (Phi) is 6.45. The van der Waals surface area contributed by atoms with E-state index < -0.39 is 0 Å². The Morgan fingerprint density at radius 2 is 2.00 bits per heavy atom. The molecule has 1 amide bonds. The summed E-state index contributed by atoms with van der Waals surface area (Å²) in [6.45, 7) is 6.38. The monoisotopic (exact) mass is 298 g/mol. The molecule has 6 nitrogen and oxygen atoms in total. The first-order valence-corrected chi connectivity index (χ1v) is 7.99. The zero-order valence-corrected chi connectivity index (χ0v) is 12.9. The van der Waals surface area contributed by atoms with E-state index >= 15 is 0 Å². The first-order valence-electron chi connectivity index (χ1n) is 7.99. The Morgan fingerprint density at radius 1 is 1.24 bits per heavy atom. The molecule has 0 N–H and O–H groups in total. The molecule has 0 saturated carbocycles. The molecule has 1 atom stereocenters. The maximum Gasteiger partial charge on any atom is 0.320 e. The van der Waals surface area contributed by atoms with Gasteiger partial charge in [0.15, 0.2) is 0 Å². The lowest BCUT2D eigenvalue weighted by Gasteiger charge is -2.35. The van der Waals surface area contributed by atoms with E-state index in [0.717, 1.165) is 38.8 Å². The summed E-state index contributed by atoms with van der Waals surface area (Å²) in [6, 6.07) is 0. The van der Waals surface area contributed by atoms with Crippen molar-refractivity contribution in [1.29, 1.82) is 0 Å². The standard InChI is InChI=1S/C15H26N2O4/c1-2-3-10-21-14(18)12-16-6-8-17(9-7-16)15(19)13-5-4-11-20-13/h13H,2-12H2,1H3. The van der Waals surface area contributed by atoms with E-state index in [4.69, 9.17) is 9.47 Å². The van der Waals surface area contributed by atoms with Gasteiger partial charge in [-0.3, -0.25) is 14.5 Å². The average Bonchev–Trinajstić information content (AvgIpc) is 3.02. The van der Waals surface area contributed by atoms with E-state index in [2.05, 4.69) is 6.92 Å². The van der Waals surface area contributed by atoms with Gasteiger partial charge >= 0.3 is 5.97 Å². The summed E-state index contributed by atoms with van der Waals surface area (Å²) in [5, 5.41) is 0. The van der Waals surface area contributed by atoms with Crippen molar-refractivity contribution >= 4 is 11.9 Å². The largest absolute Gasteiger partial charge is 0.465 e. The number of hydrogen-bond donors (Lipinski definition) is 0. The number of piperazine rings is 1. The molecule has 0 radical (unpaired) electrons. The third-order valence-electron chi connectivity index (χ3n) is 4.00. The van der Waals surface area contributed by atoms with Crippen LogP contribution in [0.3, 0.4) is 0 Å². The van der Waals surface area contributed by atoms with Gasteiger partial charge in [0, 0.05) is 32.8 Å². The van der Waals surface area contributed by atoms with Gasteiger partial charge in [0.05, 0.1) is 13.2 Å². The van der Waals surface area contributed by atoms with Gasteiger partial charge in [0.2, 0.25) is 0 Å². The van der Waals surface area contributed by atoms with E-state index in [9.17, 15) is 9.59 Å². The Balaban J connectivity index is 1.65. The molecule has 2 fully saturated rings. The van der Waals surface area contributed by atoms with Crippen LogP contribution in [0.15, 0.2) is 0 Å². The fraction of sp³-hybridized carbons (Fsp3) is 0.867. The first kappa shape index (κ1) is 16.2. The molecule has 0 bridgehead atoms. The highest BCUT2D eigenvalue weighted by Gasteiger charge is 2.30. The van der Waals surface area contributed by atoms with Crippen LogP contribution in [-0.4, -0.2) is 73.7 Å². The van der Waals surface area contributed by atoms with Crippen LogP contribution in [0.4, 0.5) is 0 Å². The number of unbranched alkanes of at least 4 members (excludes halogenated alkanes) is 1. The molecule has 2 rings (SSSR count). The molecule has 120 valence electrons. The van der Waals surface area contributed by atoms with Crippen LogP contribution in [0.5, 0.6) is 0 Å². The highest BCUT2D eigenvalue weighted by Crippen LogP contribution is 2.15. The smallest absolute Gasteiger partial charge is 0.320 e. The van der Waals surface area contributed by atoms with Crippen molar-refractivity contribution in [2.24, 2.45) is 0 Å². The molecular weight excluding hydrogens is 272 g/mol. The Hall–Kier alpha value is -1.14. The van der Waals surface area contributed by atoms with E-state index in [1.807, 2.05) is 9.80 Å². The molecule has 1 unspecified atom stereocenters. The molecule has 0 aliphatic carbocycles. The predicted molar refractivity (Wildman–Crippen MR) is 77.9 cm³/mol. The zero-order chi connectivity index (χ0) is 15.1. The Bertz CT molecular complexity index is 348. The maximum atomic E-state index is 12.2. The van der Waals surface area contributed by atoms with Crippen LogP contribution in [0.1, 0.15) is 32.6 Å². The first-order chi connectivity index (χ1) is 10.2. The summed E-state index contributed by atoms with van der Waals surface area (Å²) in [7, 11) is 0. The van der Waals surface area contributed by atoms with Gasteiger partial charge in [-0.25, -0.2) is 0 Å². The zero-order valence-electron chi connectivity index (χ0n) is 12.9. The number of amides is 1. The molecule has 0 aromatic heterocycles. The van der Waals surface area contributed by atoms with Crippen LogP contribution >= 0.6 is 0 Å². The summed E-state index contributed by atoms with van der Waals surface area (Å²) in [5.41, 5.74) is 0. The number of hydrogen-bond acceptors (Lipinski definition) is 5. The normalized spacial score (nSPS) is 23.3. The van der Waals surface area contributed by atoms with E-state index in [1.54, 1.807) is 0 Å². The van der Waals surface area contributed by atoms with Crippen molar-refractivity contribution in [3.05, 3.63) is 0 Å². The fourth-order valence-corrected chi connectivity index (χ4v) is 2.66. The molecule has 0 aromatic carbocycles. The molecule has 2 aliphatic heterocycles. The molecule has 2 saturated heterocycles. The third kappa shape index (κ3) is 4.97. The summed E-state index contributed by atoms with van der Waals surface area (Å²) in [4.78, 5) is 27.7. The second-order valence-electron chi connectivity index (χ2n) is 5.68. The second-order valence-corrected chi connectivity index (χ2v) is 5.68. The van der Waals surface area contributed by atoms with Gasteiger partial charge in [-0.05, 0) is 19.3 Å². The van der Waals surface area contributed by atoms with Crippen molar-refractivity contribution in [3.8, 4) is 0 Å². The van der Waals surface area contributed by atoms with Crippen LogP contribution < -0.4 is 0 Å². The lowest BCUT2D eigenvalue weighted by atomic mass is 10.2. The van der Waals surface area contributed by atoms with Crippen LogP contribution in [0.2, 0.25) is 0 Å². The van der Waals surface area contributed by atoms with Gasteiger partial charge in [-0.1, -0.05) is 13.3 Å². The predicted octanol–water partition coefficient (Wildman–Crippen LogP) is 0.653. The number of rotatable bonds is 6. The van der Waals surface area contributed by atoms with Crippen LogP contribution in [0, 0.1) is 0 Å². The van der Waals surface area contributed by atoms with Gasteiger partial charge in [-0.2, -0.15) is 0 Å². The lowest BCUT2D eigenvalue weighted by Crippen LogP contribution is -2.52. The summed E-state index contributed by atoms with van der Waals surface area (Å²) >= 11 is 0. The van der Waals surface area contributed by atoms with Crippen molar-refractivity contribution in [2.45, 2.75) is 38.7 Å². The number of ether oxygens (including phenoxy) is 2. The molecular formula is C15H26N2O4. The van der Waals surface area contributed by atoms with E-state index in [-0.39, 0.29) is 18.0 Å². The van der Waals surface area contributed by atoms with Crippen molar-refractivity contribution in [3.63, 3.8) is 0 Å². The van der Waals surface area contributed by atoms with E-state index in [1.165, 1.54) is 0 Å². The molecule has 2 aliphatic rings. The molecule has 21 heavy (non-hydrogen) atoms.